The van der Waals surface area contributed by atoms with E-state index < -0.39 is 0 Å². The van der Waals surface area contributed by atoms with E-state index in [0.717, 1.165) is 35.9 Å². The van der Waals surface area contributed by atoms with Crippen molar-refractivity contribution in [3.8, 4) is 5.88 Å². The van der Waals surface area contributed by atoms with Crippen LogP contribution in [0.4, 0.5) is 10.1 Å². The molecule has 1 aromatic carbocycles. The highest BCUT2D eigenvalue weighted by molar-refractivity contribution is 8.13. The van der Waals surface area contributed by atoms with Gasteiger partial charge in [0.1, 0.15) is 5.82 Å². The number of thioether (sulfide) groups is 1. The largest absolute Gasteiger partial charge is 0.481 e. The SMILES string of the molecule is COc1ccc(N=C(SC)N2CCC(C)(c3ccc(F)cc3Cl)C2)cn1. The molecule has 1 fully saturated rings. The van der Waals surface area contributed by atoms with Crippen LogP contribution in [0.3, 0.4) is 0 Å². The standard InChI is InChI=1S/C19H21ClFN3OS/c1-19(15-6-4-13(21)10-16(15)20)8-9-24(12-19)18(26-3)23-14-5-7-17(25-2)22-11-14/h4-7,10-11H,8-9,12H2,1-3H3. The molecule has 1 saturated heterocycles. The average molecular weight is 394 g/mol. The maximum Gasteiger partial charge on any atom is 0.213 e. The van der Waals surface area contributed by atoms with Gasteiger partial charge >= 0.3 is 0 Å². The van der Waals surface area contributed by atoms with Crippen molar-refractivity contribution in [3.05, 3.63) is 52.9 Å². The van der Waals surface area contributed by atoms with Crippen LogP contribution in [0, 0.1) is 5.82 Å². The summed E-state index contributed by atoms with van der Waals surface area (Å²) in [6.07, 6.45) is 4.64. The average Bonchev–Trinajstić information content (AvgIpc) is 3.03. The van der Waals surface area contributed by atoms with Crippen molar-refractivity contribution >= 4 is 34.2 Å². The van der Waals surface area contributed by atoms with Gasteiger partial charge in [-0.3, -0.25) is 0 Å². The first-order valence-corrected chi connectivity index (χ1v) is 9.88. The van der Waals surface area contributed by atoms with Gasteiger partial charge in [0.15, 0.2) is 5.17 Å². The summed E-state index contributed by atoms with van der Waals surface area (Å²) in [4.78, 5) is 11.2. The molecule has 0 amide bonds. The maximum absolute atomic E-state index is 13.4. The third-order valence-electron chi connectivity index (χ3n) is 4.66. The number of aromatic nitrogens is 1. The first kappa shape index (κ1) is 19.0. The lowest BCUT2D eigenvalue weighted by Gasteiger charge is -2.27. The highest BCUT2D eigenvalue weighted by Gasteiger charge is 2.38. The number of amidine groups is 1. The fraction of sp³-hybridized carbons (Fsp3) is 0.368. The van der Waals surface area contributed by atoms with Crippen molar-refractivity contribution in [3.63, 3.8) is 0 Å². The molecule has 2 aromatic rings. The number of methoxy groups -OCH3 is 1. The smallest absolute Gasteiger partial charge is 0.213 e. The van der Waals surface area contributed by atoms with Gasteiger partial charge in [0, 0.05) is 29.6 Å². The van der Waals surface area contributed by atoms with Crippen LogP contribution in [0.15, 0.2) is 41.5 Å². The summed E-state index contributed by atoms with van der Waals surface area (Å²) in [6, 6.07) is 8.33. The molecule has 26 heavy (non-hydrogen) atoms. The number of pyridine rings is 1. The number of nitrogens with zero attached hydrogens (tertiary/aromatic N) is 3. The molecule has 0 bridgehead atoms. The zero-order chi connectivity index (χ0) is 18.7. The lowest BCUT2D eigenvalue weighted by molar-refractivity contribution is 0.398. The zero-order valence-corrected chi connectivity index (χ0v) is 16.6. The molecule has 0 saturated carbocycles. The second-order valence-corrected chi connectivity index (χ2v) is 7.69. The summed E-state index contributed by atoms with van der Waals surface area (Å²) in [5, 5.41) is 1.41. The van der Waals surface area contributed by atoms with E-state index in [4.69, 9.17) is 21.3 Å². The molecule has 1 aromatic heterocycles. The van der Waals surface area contributed by atoms with Crippen LogP contribution in [-0.4, -0.2) is 41.5 Å². The van der Waals surface area contributed by atoms with Crippen molar-refractivity contribution < 1.29 is 9.13 Å². The van der Waals surface area contributed by atoms with E-state index in [1.54, 1.807) is 37.2 Å². The second-order valence-electron chi connectivity index (χ2n) is 6.51. The van der Waals surface area contributed by atoms with Crippen molar-refractivity contribution in [2.45, 2.75) is 18.8 Å². The van der Waals surface area contributed by atoms with Crippen molar-refractivity contribution in [1.82, 2.24) is 9.88 Å². The number of ether oxygens (including phenoxy) is 1. The zero-order valence-electron chi connectivity index (χ0n) is 15.0. The van der Waals surface area contributed by atoms with Gasteiger partial charge in [-0.05, 0) is 36.4 Å². The van der Waals surface area contributed by atoms with Gasteiger partial charge in [0.25, 0.3) is 0 Å². The van der Waals surface area contributed by atoms with Gasteiger partial charge < -0.3 is 9.64 Å². The minimum absolute atomic E-state index is 0.139. The molecule has 0 spiro atoms. The van der Waals surface area contributed by atoms with E-state index in [2.05, 4.69) is 16.8 Å². The third kappa shape index (κ3) is 3.96. The van der Waals surface area contributed by atoms with Crippen molar-refractivity contribution in [2.24, 2.45) is 4.99 Å². The monoisotopic (exact) mass is 393 g/mol. The van der Waals surface area contributed by atoms with Gasteiger partial charge in [0.05, 0.1) is 19.0 Å². The van der Waals surface area contributed by atoms with Crippen LogP contribution < -0.4 is 4.74 Å². The number of hydrogen-bond acceptors (Lipinski definition) is 4. The molecule has 2 heterocycles. The van der Waals surface area contributed by atoms with Gasteiger partial charge in [0.2, 0.25) is 5.88 Å². The predicted molar refractivity (Wildman–Crippen MR) is 106 cm³/mol. The summed E-state index contributed by atoms with van der Waals surface area (Å²) >= 11 is 7.90. The molecular formula is C19H21ClFN3OS. The molecule has 7 heteroatoms. The normalized spacial score (nSPS) is 20.5. The first-order chi connectivity index (χ1) is 12.4. The van der Waals surface area contributed by atoms with E-state index in [9.17, 15) is 4.39 Å². The van der Waals surface area contributed by atoms with E-state index in [-0.39, 0.29) is 11.2 Å². The fourth-order valence-electron chi connectivity index (χ4n) is 3.24. The number of rotatable bonds is 3. The van der Waals surface area contributed by atoms with Gasteiger partial charge in [-0.15, -0.1) is 0 Å². The van der Waals surface area contributed by atoms with Gasteiger partial charge in [-0.2, -0.15) is 0 Å². The number of benzene rings is 1. The molecule has 1 aliphatic rings. The molecule has 0 N–H and O–H groups in total. The summed E-state index contributed by atoms with van der Waals surface area (Å²) in [5.74, 6) is 0.255. The van der Waals surface area contributed by atoms with E-state index in [1.165, 1.54) is 12.1 Å². The Morgan fingerprint density at radius 2 is 2.19 bits per heavy atom. The van der Waals surface area contributed by atoms with E-state index >= 15 is 0 Å². The van der Waals surface area contributed by atoms with Crippen LogP contribution in [0.2, 0.25) is 5.02 Å². The van der Waals surface area contributed by atoms with E-state index in [1.807, 2.05) is 12.3 Å². The molecule has 3 rings (SSSR count). The fourth-order valence-corrected chi connectivity index (χ4v) is 4.24. The molecule has 1 atom stereocenters. The van der Waals surface area contributed by atoms with Crippen LogP contribution in [0.25, 0.3) is 0 Å². The molecule has 4 nitrogen and oxygen atoms in total. The molecular weight excluding hydrogens is 373 g/mol. The Hall–Kier alpha value is -1.79. The summed E-state index contributed by atoms with van der Waals surface area (Å²) in [7, 11) is 1.59. The topological polar surface area (TPSA) is 37.7 Å². The molecule has 1 aliphatic heterocycles. The first-order valence-electron chi connectivity index (χ1n) is 8.28. The molecule has 0 radical (unpaired) electrons. The Bertz CT molecular complexity index is 815. The summed E-state index contributed by atoms with van der Waals surface area (Å²) in [5.41, 5.74) is 1.62. The number of likely N-dealkylation sites (tertiary alicyclic amines) is 1. The van der Waals surface area contributed by atoms with Crippen molar-refractivity contribution in [2.75, 3.05) is 26.5 Å². The molecule has 0 aliphatic carbocycles. The predicted octanol–water partition coefficient (Wildman–Crippen LogP) is 4.90. The van der Waals surface area contributed by atoms with Crippen LogP contribution >= 0.6 is 23.4 Å². The third-order valence-corrected chi connectivity index (χ3v) is 5.69. The Morgan fingerprint density at radius 1 is 1.38 bits per heavy atom. The number of halogens is 2. The second kappa shape index (κ2) is 7.84. The minimum atomic E-state index is -0.310. The maximum atomic E-state index is 13.4. The van der Waals surface area contributed by atoms with Gasteiger partial charge in [-0.1, -0.05) is 36.4 Å². The Kier molecular flexibility index (Phi) is 5.73. The quantitative estimate of drug-likeness (QED) is 0.549. The Morgan fingerprint density at radius 3 is 2.81 bits per heavy atom. The highest BCUT2D eigenvalue weighted by atomic mass is 35.5. The van der Waals surface area contributed by atoms with E-state index in [0.29, 0.717) is 10.9 Å². The highest BCUT2D eigenvalue weighted by Crippen LogP contribution is 2.39. The number of hydrogen-bond donors (Lipinski definition) is 0. The summed E-state index contributed by atoms with van der Waals surface area (Å²) in [6.45, 7) is 3.81. The number of aliphatic imine (C=N–C) groups is 1. The molecule has 1 unspecified atom stereocenters. The summed E-state index contributed by atoms with van der Waals surface area (Å²) < 4.78 is 18.5. The van der Waals surface area contributed by atoms with Gasteiger partial charge in [-0.25, -0.2) is 14.4 Å². The lowest BCUT2D eigenvalue weighted by Crippen LogP contribution is -2.31. The van der Waals surface area contributed by atoms with Crippen LogP contribution in [-0.2, 0) is 5.41 Å². The Labute approximate surface area is 162 Å². The van der Waals surface area contributed by atoms with Crippen LogP contribution in [0.1, 0.15) is 18.9 Å². The van der Waals surface area contributed by atoms with Crippen LogP contribution in [0.5, 0.6) is 5.88 Å². The Balaban J connectivity index is 1.81. The van der Waals surface area contributed by atoms with Crippen molar-refractivity contribution in [1.29, 1.82) is 0 Å². The molecule has 138 valence electrons. The lowest BCUT2D eigenvalue weighted by atomic mass is 9.82. The minimum Gasteiger partial charge on any atom is -0.481 e.